The third-order valence-corrected chi connectivity index (χ3v) is 9.25. The maximum absolute atomic E-state index is 11.2. The lowest BCUT2D eigenvalue weighted by Gasteiger charge is -2.01. The average Bonchev–Trinajstić information content (AvgIpc) is 2.49. The molecule has 0 aromatic rings. The molecule has 0 heterocycles. The standard InChI is InChI=1S/C10H18O4S7/c1-3-13-18-9(11)20-16-7-5-15-6-8-17-21-10(12)19-14-4-2/h3-8H2,1-2H3. The number of hydrogen-bond acceptors (Lipinski definition) is 11. The van der Waals surface area contributed by atoms with Crippen molar-refractivity contribution < 1.29 is 18.0 Å². The molecule has 0 saturated carbocycles. The lowest BCUT2D eigenvalue weighted by Crippen LogP contribution is -1.89. The summed E-state index contributed by atoms with van der Waals surface area (Å²) < 4.78 is 9.87. The van der Waals surface area contributed by atoms with E-state index >= 15 is 0 Å². The van der Waals surface area contributed by atoms with Gasteiger partial charge in [0.25, 0.3) is 8.89 Å². The topological polar surface area (TPSA) is 52.6 Å². The van der Waals surface area contributed by atoms with Gasteiger partial charge < -0.3 is 8.37 Å². The molecule has 0 saturated heterocycles. The number of rotatable bonds is 12. The zero-order chi connectivity index (χ0) is 15.8. The van der Waals surface area contributed by atoms with Gasteiger partial charge in [0.05, 0.1) is 37.3 Å². The van der Waals surface area contributed by atoms with Gasteiger partial charge in [0, 0.05) is 23.0 Å². The summed E-state index contributed by atoms with van der Waals surface area (Å²) in [6.45, 7) is 4.79. The molecule has 0 aromatic heterocycles. The van der Waals surface area contributed by atoms with Gasteiger partial charge in [-0.2, -0.15) is 11.8 Å². The van der Waals surface area contributed by atoms with E-state index in [-0.39, 0.29) is 8.89 Å². The Balaban J connectivity index is 3.19. The van der Waals surface area contributed by atoms with E-state index in [4.69, 9.17) is 8.37 Å². The van der Waals surface area contributed by atoms with Crippen LogP contribution in [0.5, 0.6) is 0 Å². The number of carbonyl (C=O) groups excluding carboxylic acids is 2. The predicted molar refractivity (Wildman–Crippen MR) is 107 cm³/mol. The predicted octanol–water partition coefficient (Wildman–Crippen LogP) is 6.09. The maximum atomic E-state index is 11.2. The van der Waals surface area contributed by atoms with E-state index < -0.39 is 0 Å². The van der Waals surface area contributed by atoms with Crippen LogP contribution in [-0.4, -0.2) is 45.1 Å². The van der Waals surface area contributed by atoms with Crippen LogP contribution >= 0.6 is 79.0 Å². The van der Waals surface area contributed by atoms with Gasteiger partial charge in [0.15, 0.2) is 0 Å². The highest BCUT2D eigenvalue weighted by atomic mass is 33.1. The van der Waals surface area contributed by atoms with Crippen molar-refractivity contribution in [3.63, 3.8) is 0 Å². The van der Waals surface area contributed by atoms with Gasteiger partial charge in [-0.05, 0) is 35.4 Å². The van der Waals surface area contributed by atoms with E-state index in [2.05, 4.69) is 0 Å². The van der Waals surface area contributed by atoms with Crippen LogP contribution < -0.4 is 0 Å². The minimum atomic E-state index is -0.0101. The van der Waals surface area contributed by atoms with E-state index in [1.165, 1.54) is 21.6 Å². The SMILES string of the molecule is CCOSC(=O)SSCCSCCSSC(=O)SOCC. The molecule has 0 aromatic carbocycles. The fourth-order valence-corrected chi connectivity index (χ4v) is 7.37. The Kier molecular flexibility index (Phi) is 19.5. The molecular weight excluding hydrogens is 409 g/mol. The molecule has 0 amide bonds. The summed E-state index contributed by atoms with van der Waals surface area (Å²) in [5.41, 5.74) is 0. The highest BCUT2D eigenvalue weighted by Gasteiger charge is 2.05. The fourth-order valence-electron chi connectivity index (χ4n) is 0.709. The van der Waals surface area contributed by atoms with Gasteiger partial charge >= 0.3 is 0 Å². The zero-order valence-electron chi connectivity index (χ0n) is 11.7. The van der Waals surface area contributed by atoms with E-state index in [0.717, 1.165) is 47.1 Å². The van der Waals surface area contributed by atoms with Crippen LogP contribution in [0, 0.1) is 0 Å². The van der Waals surface area contributed by atoms with Crippen molar-refractivity contribution in [1.82, 2.24) is 0 Å². The highest BCUT2D eigenvalue weighted by Crippen LogP contribution is 2.31. The summed E-state index contributed by atoms with van der Waals surface area (Å²) in [5.74, 6) is 3.84. The summed E-state index contributed by atoms with van der Waals surface area (Å²) in [7, 11) is 5.55. The van der Waals surface area contributed by atoms with Crippen molar-refractivity contribution in [3.8, 4) is 0 Å². The molecule has 0 unspecified atom stereocenters. The van der Waals surface area contributed by atoms with Crippen molar-refractivity contribution in [1.29, 1.82) is 0 Å². The normalized spacial score (nSPS) is 10.8. The minimum Gasteiger partial charge on any atom is -0.308 e. The van der Waals surface area contributed by atoms with Crippen molar-refractivity contribution in [2.45, 2.75) is 13.8 Å². The van der Waals surface area contributed by atoms with Gasteiger partial charge in [0.1, 0.15) is 0 Å². The summed E-state index contributed by atoms with van der Waals surface area (Å²) in [6, 6.07) is 0. The van der Waals surface area contributed by atoms with E-state index in [1.807, 2.05) is 25.6 Å². The van der Waals surface area contributed by atoms with E-state index in [1.54, 1.807) is 21.6 Å². The molecule has 0 rings (SSSR count). The molecule has 0 spiro atoms. The van der Waals surface area contributed by atoms with Gasteiger partial charge in [-0.25, -0.2) is 0 Å². The Morgan fingerprint density at radius 1 is 0.762 bits per heavy atom. The molecule has 21 heavy (non-hydrogen) atoms. The lowest BCUT2D eigenvalue weighted by atomic mass is 10.9. The van der Waals surface area contributed by atoms with Crippen LogP contribution in [0.3, 0.4) is 0 Å². The summed E-state index contributed by atoms with van der Waals surface area (Å²) in [4.78, 5) is 22.5. The maximum Gasteiger partial charge on any atom is 0.283 e. The number of thioether (sulfide) groups is 1. The summed E-state index contributed by atoms with van der Waals surface area (Å²) >= 11 is 3.64. The quantitative estimate of drug-likeness (QED) is 0.207. The van der Waals surface area contributed by atoms with Crippen molar-refractivity contribution in [3.05, 3.63) is 0 Å². The van der Waals surface area contributed by atoms with Gasteiger partial charge in [0.2, 0.25) is 0 Å². The molecule has 0 aliphatic carbocycles. The molecular formula is C10H18O4S7. The third-order valence-electron chi connectivity index (χ3n) is 1.37. The second kappa shape index (κ2) is 18.1. The largest absolute Gasteiger partial charge is 0.308 e. The van der Waals surface area contributed by atoms with E-state index in [0.29, 0.717) is 13.2 Å². The van der Waals surface area contributed by atoms with Crippen LogP contribution in [0.1, 0.15) is 13.8 Å². The van der Waals surface area contributed by atoms with E-state index in [9.17, 15) is 9.59 Å². The first-order valence-electron chi connectivity index (χ1n) is 6.04. The Morgan fingerprint density at radius 2 is 1.19 bits per heavy atom. The third kappa shape index (κ3) is 17.9. The van der Waals surface area contributed by atoms with Crippen LogP contribution in [0.2, 0.25) is 0 Å². The summed E-state index contributed by atoms with van der Waals surface area (Å²) in [6.07, 6.45) is 0. The first-order valence-corrected chi connectivity index (χ1v) is 13.3. The Bertz CT molecular complexity index is 254. The molecule has 4 nitrogen and oxygen atoms in total. The van der Waals surface area contributed by atoms with Crippen molar-refractivity contribution >= 4 is 87.9 Å². The Labute approximate surface area is 155 Å². The second-order valence-corrected chi connectivity index (χ2v) is 11.0. The van der Waals surface area contributed by atoms with Crippen molar-refractivity contribution in [2.24, 2.45) is 0 Å². The number of carbonyl (C=O) groups is 2. The van der Waals surface area contributed by atoms with Gasteiger partial charge in [-0.3, -0.25) is 9.59 Å². The smallest absolute Gasteiger partial charge is 0.283 e. The summed E-state index contributed by atoms with van der Waals surface area (Å²) in [5, 5.41) is 0. The molecule has 0 atom stereocenters. The Morgan fingerprint density at radius 3 is 1.57 bits per heavy atom. The first-order chi connectivity index (χ1) is 10.2. The molecule has 0 N–H and O–H groups in total. The average molecular weight is 427 g/mol. The monoisotopic (exact) mass is 426 g/mol. The Hall–Kier alpha value is 1.71. The van der Waals surface area contributed by atoms with Crippen LogP contribution in [-0.2, 0) is 8.37 Å². The molecule has 0 aliphatic rings. The van der Waals surface area contributed by atoms with Crippen LogP contribution in [0.4, 0.5) is 9.59 Å². The van der Waals surface area contributed by atoms with Crippen LogP contribution in [0.25, 0.3) is 0 Å². The second-order valence-electron chi connectivity index (χ2n) is 2.90. The molecule has 0 aliphatic heterocycles. The molecule has 124 valence electrons. The van der Waals surface area contributed by atoms with Gasteiger partial charge in [-0.15, -0.1) is 0 Å². The number of hydrogen-bond donors (Lipinski definition) is 0. The van der Waals surface area contributed by atoms with Crippen molar-refractivity contribution in [2.75, 3.05) is 36.2 Å². The molecule has 0 radical (unpaired) electrons. The lowest BCUT2D eigenvalue weighted by molar-refractivity contribution is 0.274. The first kappa shape index (κ1) is 22.7. The molecule has 0 fully saturated rings. The minimum absolute atomic E-state index is 0.0101. The fraction of sp³-hybridized carbons (Fsp3) is 0.800. The van der Waals surface area contributed by atoms with Gasteiger partial charge in [-0.1, -0.05) is 21.6 Å². The van der Waals surface area contributed by atoms with Crippen LogP contribution in [0.15, 0.2) is 0 Å². The highest BCUT2D eigenvalue weighted by molar-refractivity contribution is 8.86. The molecule has 11 heteroatoms. The zero-order valence-corrected chi connectivity index (χ0v) is 17.4. The molecule has 0 bridgehead atoms.